The highest BCUT2D eigenvalue weighted by atomic mass is 15.0. The molecule has 0 bridgehead atoms. The fraction of sp³-hybridized carbons (Fsp3) is 0. The predicted octanol–water partition coefficient (Wildman–Crippen LogP) is 12.3. The van der Waals surface area contributed by atoms with E-state index in [2.05, 4.69) is 179 Å². The van der Waals surface area contributed by atoms with E-state index >= 15 is 0 Å². The normalized spacial score (nSPS) is 11.8. The Balaban J connectivity index is 1.16. The van der Waals surface area contributed by atoms with Gasteiger partial charge in [-0.05, 0) is 83.6 Å². The zero-order valence-electron chi connectivity index (χ0n) is 28.1. The van der Waals surface area contributed by atoms with Crippen LogP contribution in [-0.4, -0.2) is 19.1 Å². The summed E-state index contributed by atoms with van der Waals surface area (Å²) in [6.45, 7) is 0. The van der Waals surface area contributed by atoms with E-state index < -0.39 is 0 Å². The van der Waals surface area contributed by atoms with Crippen molar-refractivity contribution in [1.82, 2.24) is 19.1 Å². The largest absolute Gasteiger partial charge is 0.309 e. The fourth-order valence-electron chi connectivity index (χ4n) is 8.08. The number of hydrogen-bond donors (Lipinski definition) is 0. The van der Waals surface area contributed by atoms with Gasteiger partial charge in [0.25, 0.3) is 0 Å². The summed E-state index contributed by atoms with van der Waals surface area (Å²) in [5, 5.41) is 8.47. The van der Waals surface area contributed by atoms with Crippen LogP contribution < -0.4 is 0 Å². The summed E-state index contributed by atoms with van der Waals surface area (Å²) in [6.07, 6.45) is 0. The van der Waals surface area contributed by atoms with E-state index in [1.54, 1.807) is 0 Å². The van der Waals surface area contributed by atoms with E-state index in [-0.39, 0.29) is 0 Å². The maximum Gasteiger partial charge on any atom is 0.160 e. The van der Waals surface area contributed by atoms with Gasteiger partial charge in [-0.15, -0.1) is 0 Å². The molecule has 3 aromatic heterocycles. The van der Waals surface area contributed by atoms with E-state index in [9.17, 15) is 0 Å². The van der Waals surface area contributed by atoms with Gasteiger partial charge in [0.1, 0.15) is 0 Å². The Bertz CT molecular complexity index is 3160. The molecular formula is C48H30N4. The summed E-state index contributed by atoms with van der Waals surface area (Å²) in [6, 6.07) is 64.9. The monoisotopic (exact) mass is 662 g/mol. The van der Waals surface area contributed by atoms with E-state index in [4.69, 9.17) is 9.97 Å². The molecule has 11 rings (SSSR count). The minimum Gasteiger partial charge on any atom is -0.309 e. The predicted molar refractivity (Wildman–Crippen MR) is 217 cm³/mol. The molecule has 52 heavy (non-hydrogen) atoms. The second-order valence-electron chi connectivity index (χ2n) is 13.5. The second-order valence-corrected chi connectivity index (χ2v) is 13.5. The molecule has 11 aromatic rings. The van der Waals surface area contributed by atoms with Gasteiger partial charge in [0.2, 0.25) is 0 Å². The lowest BCUT2D eigenvalue weighted by Gasteiger charge is -2.12. The molecule has 0 saturated heterocycles. The Labute approximate surface area is 299 Å². The molecule has 0 radical (unpaired) electrons. The van der Waals surface area contributed by atoms with E-state index in [1.165, 1.54) is 54.4 Å². The fourth-order valence-corrected chi connectivity index (χ4v) is 8.08. The van der Waals surface area contributed by atoms with Gasteiger partial charge in [0.05, 0.1) is 33.3 Å². The Morgan fingerprint density at radius 2 is 0.885 bits per heavy atom. The van der Waals surface area contributed by atoms with Crippen LogP contribution in [0.2, 0.25) is 0 Å². The molecule has 242 valence electrons. The molecule has 3 heterocycles. The van der Waals surface area contributed by atoms with Crippen molar-refractivity contribution >= 4 is 65.3 Å². The highest BCUT2D eigenvalue weighted by molar-refractivity contribution is 6.20. The number of aromatic nitrogens is 4. The minimum absolute atomic E-state index is 0.714. The Hall–Kier alpha value is -7.04. The van der Waals surface area contributed by atoms with Crippen molar-refractivity contribution < 1.29 is 0 Å². The van der Waals surface area contributed by atoms with E-state index in [0.29, 0.717) is 5.82 Å². The molecule has 4 nitrogen and oxygen atoms in total. The van der Waals surface area contributed by atoms with Gasteiger partial charge in [-0.2, -0.15) is 0 Å². The van der Waals surface area contributed by atoms with Gasteiger partial charge in [0, 0.05) is 49.4 Å². The van der Waals surface area contributed by atoms with Gasteiger partial charge in [-0.1, -0.05) is 109 Å². The number of hydrogen-bond acceptors (Lipinski definition) is 2. The van der Waals surface area contributed by atoms with Crippen molar-refractivity contribution in [3.8, 4) is 34.0 Å². The molecule has 0 fully saturated rings. The molecular weight excluding hydrogens is 633 g/mol. The molecule has 0 amide bonds. The zero-order chi connectivity index (χ0) is 34.2. The smallest absolute Gasteiger partial charge is 0.160 e. The maximum absolute atomic E-state index is 5.14. The van der Waals surface area contributed by atoms with Crippen LogP contribution in [0.3, 0.4) is 0 Å². The van der Waals surface area contributed by atoms with Crippen LogP contribution >= 0.6 is 0 Å². The first-order chi connectivity index (χ1) is 25.8. The average Bonchev–Trinajstić information content (AvgIpc) is 3.70. The molecule has 0 aliphatic heterocycles. The molecule has 0 saturated carbocycles. The summed E-state index contributed by atoms with van der Waals surface area (Å²) < 4.78 is 4.82. The summed E-state index contributed by atoms with van der Waals surface area (Å²) in [5.41, 5.74) is 10.9. The molecule has 0 N–H and O–H groups in total. The SMILES string of the molecule is c1ccc(-c2nc(-c3ccc(-n4c5cc6ccccc6cc5c5cc6c7ccccc7n(-c7ccccc7)c6cc54)cc3)nc3ccccc23)cc1. The third kappa shape index (κ3) is 4.34. The van der Waals surface area contributed by atoms with Crippen molar-refractivity contribution in [2.45, 2.75) is 0 Å². The van der Waals surface area contributed by atoms with Gasteiger partial charge in [0.15, 0.2) is 5.82 Å². The molecule has 0 aliphatic rings. The Morgan fingerprint density at radius 1 is 0.327 bits per heavy atom. The molecule has 8 aromatic carbocycles. The lowest BCUT2D eigenvalue weighted by atomic mass is 10.0. The van der Waals surface area contributed by atoms with E-state index in [1.807, 2.05) is 12.1 Å². The van der Waals surface area contributed by atoms with Crippen molar-refractivity contribution in [2.75, 3.05) is 0 Å². The standard InChI is InChI=1S/C48H30N4/c1-3-13-31(14-4-1)47-38-20-9-11-21-42(38)49-48(50-47)32-23-25-36(26-24-32)52-44-28-34-16-8-7-15-33(34)27-39(44)41-29-40-37-19-10-12-22-43(37)51(45(40)30-46(41)52)35-17-5-2-6-18-35/h1-30H. The first-order valence-corrected chi connectivity index (χ1v) is 17.7. The molecule has 0 unspecified atom stereocenters. The number of benzene rings is 8. The van der Waals surface area contributed by atoms with Gasteiger partial charge in [-0.25, -0.2) is 9.97 Å². The van der Waals surface area contributed by atoms with Crippen LogP contribution in [-0.2, 0) is 0 Å². The minimum atomic E-state index is 0.714. The highest BCUT2D eigenvalue weighted by Gasteiger charge is 2.19. The quantitative estimate of drug-likeness (QED) is 0.188. The van der Waals surface area contributed by atoms with Crippen LogP contribution in [0.25, 0.3) is 99.3 Å². The third-order valence-corrected chi connectivity index (χ3v) is 10.5. The highest BCUT2D eigenvalue weighted by Crippen LogP contribution is 2.41. The summed E-state index contributed by atoms with van der Waals surface area (Å²) >= 11 is 0. The number of para-hydroxylation sites is 3. The van der Waals surface area contributed by atoms with Crippen LogP contribution in [0.1, 0.15) is 0 Å². The van der Waals surface area contributed by atoms with Crippen LogP contribution in [0.4, 0.5) is 0 Å². The Morgan fingerprint density at radius 3 is 1.67 bits per heavy atom. The van der Waals surface area contributed by atoms with Gasteiger partial charge >= 0.3 is 0 Å². The summed E-state index contributed by atoms with van der Waals surface area (Å²) in [5.74, 6) is 0.714. The van der Waals surface area contributed by atoms with Gasteiger partial charge in [-0.3, -0.25) is 0 Å². The molecule has 0 spiro atoms. The second kappa shape index (κ2) is 11.2. The van der Waals surface area contributed by atoms with E-state index in [0.717, 1.165) is 39.1 Å². The van der Waals surface area contributed by atoms with Crippen LogP contribution in [0.15, 0.2) is 182 Å². The van der Waals surface area contributed by atoms with Crippen LogP contribution in [0, 0.1) is 0 Å². The first kappa shape index (κ1) is 28.8. The zero-order valence-corrected chi connectivity index (χ0v) is 28.1. The van der Waals surface area contributed by atoms with Crippen molar-refractivity contribution in [1.29, 1.82) is 0 Å². The molecule has 4 heteroatoms. The van der Waals surface area contributed by atoms with Crippen molar-refractivity contribution in [3.63, 3.8) is 0 Å². The first-order valence-electron chi connectivity index (χ1n) is 17.7. The number of nitrogens with zero attached hydrogens (tertiary/aromatic N) is 4. The lowest BCUT2D eigenvalue weighted by Crippen LogP contribution is -1.97. The lowest BCUT2D eigenvalue weighted by molar-refractivity contribution is 1.16. The Kier molecular flexibility index (Phi) is 6.22. The summed E-state index contributed by atoms with van der Waals surface area (Å²) in [4.78, 5) is 10.2. The van der Waals surface area contributed by atoms with Crippen LogP contribution in [0.5, 0.6) is 0 Å². The topological polar surface area (TPSA) is 35.6 Å². The average molecular weight is 663 g/mol. The van der Waals surface area contributed by atoms with Gasteiger partial charge < -0.3 is 9.13 Å². The van der Waals surface area contributed by atoms with Crippen molar-refractivity contribution in [2.24, 2.45) is 0 Å². The number of fused-ring (bicyclic) bond motifs is 8. The molecule has 0 aliphatic carbocycles. The molecule has 0 atom stereocenters. The summed E-state index contributed by atoms with van der Waals surface area (Å²) in [7, 11) is 0. The van der Waals surface area contributed by atoms with Crippen molar-refractivity contribution in [3.05, 3.63) is 182 Å². The maximum atomic E-state index is 5.14. The number of rotatable bonds is 4. The third-order valence-electron chi connectivity index (χ3n) is 10.5.